The van der Waals surface area contributed by atoms with Crippen LogP contribution in [0.3, 0.4) is 0 Å². The molecule has 5 heterocycles. The zero-order valence-electron chi connectivity index (χ0n) is 41.4. The van der Waals surface area contributed by atoms with Gasteiger partial charge in [0, 0.05) is 57.8 Å². The molecule has 0 radical (unpaired) electrons. The Kier molecular flexibility index (Phi) is 14.1. The molecule has 8 aromatic rings. The van der Waals surface area contributed by atoms with Gasteiger partial charge >= 0.3 is 41.5 Å². The fourth-order valence-corrected chi connectivity index (χ4v) is 13.1. The van der Waals surface area contributed by atoms with Crippen LogP contribution in [0.15, 0.2) is 120 Å². The molecule has 0 saturated heterocycles. The summed E-state index contributed by atoms with van der Waals surface area (Å²) in [6, 6.07) is 25.4. The van der Waals surface area contributed by atoms with Gasteiger partial charge in [-0.3, -0.25) is 0 Å². The Bertz CT molecular complexity index is 3570. The first kappa shape index (κ1) is 55.4. The van der Waals surface area contributed by atoms with Crippen molar-refractivity contribution in [1.29, 1.82) is 0 Å². The molecule has 3 aromatic carbocycles. The maximum Gasteiger partial charge on any atom is 0.380 e. The number of ether oxygens (including phenoxy) is 3. The van der Waals surface area contributed by atoms with Crippen LogP contribution in [0.5, 0.6) is 17.2 Å². The van der Waals surface area contributed by atoms with Gasteiger partial charge in [0.05, 0.1) is 0 Å². The summed E-state index contributed by atoms with van der Waals surface area (Å²) in [6.45, 7) is 5.14. The third kappa shape index (κ3) is 9.30. The molecule has 0 aliphatic heterocycles. The SMILES string of the molecule is Cc1sccc1C1=C(c2cc(-c3cccc(OCc4cc(COc5cccc(-c6cc(C7=C(c8ccsc8C)C(F)(F)C(F)(F)C7(F)F)c(C)s6)c5)cc(COc5cccnc5C(=O)O)c4)c3)sc2C)C(F)(F)C(F)(F)C1(F)F. The van der Waals surface area contributed by atoms with Crippen LogP contribution in [0.4, 0.5) is 52.7 Å². The fourth-order valence-electron chi connectivity index (χ4n) is 9.63. The second-order valence-corrected chi connectivity index (χ2v) is 23.4. The number of carbonyl (C=O) groups is 1. The van der Waals surface area contributed by atoms with E-state index in [4.69, 9.17) is 14.2 Å². The van der Waals surface area contributed by atoms with Gasteiger partial charge in [-0.1, -0.05) is 24.3 Å². The summed E-state index contributed by atoms with van der Waals surface area (Å²) in [6.07, 6.45) is 1.29. The molecule has 1 N–H and O–H groups in total. The predicted molar refractivity (Wildman–Crippen MR) is 281 cm³/mol. The average molecular weight is 1170 g/mol. The largest absolute Gasteiger partial charge is 0.489 e. The van der Waals surface area contributed by atoms with Crippen LogP contribution in [0.25, 0.3) is 43.2 Å². The molecule has 0 unspecified atom stereocenters. The van der Waals surface area contributed by atoms with Gasteiger partial charge in [-0.25, -0.2) is 9.78 Å². The first-order valence-electron chi connectivity index (χ1n) is 23.6. The number of nitrogens with zero attached hydrogens (tertiary/aromatic N) is 1. The number of aryl methyl sites for hydroxylation is 4. The van der Waals surface area contributed by atoms with E-state index in [-0.39, 0.29) is 73.4 Å². The summed E-state index contributed by atoms with van der Waals surface area (Å²) in [5, 5.41) is 12.4. The van der Waals surface area contributed by atoms with Gasteiger partial charge in [-0.05, 0) is 167 Å². The van der Waals surface area contributed by atoms with Crippen molar-refractivity contribution < 1.29 is 76.8 Å². The number of carboxylic acids is 1. The Morgan fingerprint density at radius 3 is 1.25 bits per heavy atom. The molecule has 2 aliphatic carbocycles. The maximum absolute atomic E-state index is 15.7. The van der Waals surface area contributed by atoms with Crippen molar-refractivity contribution in [2.24, 2.45) is 0 Å². The van der Waals surface area contributed by atoms with E-state index < -0.39 is 74.9 Å². The van der Waals surface area contributed by atoms with Gasteiger partial charge < -0.3 is 19.3 Å². The zero-order valence-corrected chi connectivity index (χ0v) is 44.6. The fraction of sp³-hybridized carbons (Fsp3) is 0.228. The van der Waals surface area contributed by atoms with Gasteiger partial charge in [-0.15, -0.1) is 45.3 Å². The second-order valence-electron chi connectivity index (χ2n) is 18.6. The molecule has 10 rings (SSSR count). The first-order valence-corrected chi connectivity index (χ1v) is 27.0. The number of aromatic nitrogens is 1. The Labute approximate surface area is 458 Å². The molecule has 6 nitrogen and oxygen atoms in total. The number of alkyl halides is 12. The third-order valence-electron chi connectivity index (χ3n) is 13.5. The Balaban J connectivity index is 0.922. The van der Waals surface area contributed by atoms with E-state index >= 15 is 52.7 Å². The zero-order chi connectivity index (χ0) is 56.8. The minimum absolute atomic E-state index is 0.0247. The van der Waals surface area contributed by atoms with Gasteiger partial charge in [0.15, 0.2) is 11.4 Å². The molecule has 5 aromatic heterocycles. The summed E-state index contributed by atoms with van der Waals surface area (Å²) in [5.41, 5.74) is -5.34. The predicted octanol–water partition coefficient (Wildman–Crippen LogP) is 18.0. The second kappa shape index (κ2) is 20.0. The van der Waals surface area contributed by atoms with E-state index in [0.29, 0.717) is 37.6 Å². The number of halogens is 12. The van der Waals surface area contributed by atoms with Crippen molar-refractivity contribution in [3.05, 3.63) is 184 Å². The van der Waals surface area contributed by atoms with E-state index in [0.717, 1.165) is 57.5 Å². The summed E-state index contributed by atoms with van der Waals surface area (Å²) in [5.74, 6) is -33.1. The smallest absolute Gasteiger partial charge is 0.380 e. The number of aromatic carboxylic acids is 1. The molecule has 0 bridgehead atoms. The number of allylic oxidation sites excluding steroid dienone is 4. The molecule has 410 valence electrons. The van der Waals surface area contributed by atoms with Crippen LogP contribution < -0.4 is 14.2 Å². The monoisotopic (exact) mass is 1170 g/mol. The Morgan fingerprint density at radius 2 is 0.873 bits per heavy atom. The van der Waals surface area contributed by atoms with Crippen molar-refractivity contribution in [2.75, 3.05) is 0 Å². The van der Waals surface area contributed by atoms with Gasteiger partial charge in [-0.2, -0.15) is 52.7 Å². The van der Waals surface area contributed by atoms with E-state index in [1.54, 1.807) is 66.7 Å². The quantitative estimate of drug-likeness (QED) is 0.0972. The van der Waals surface area contributed by atoms with Crippen molar-refractivity contribution >= 4 is 73.6 Å². The molecule has 0 spiro atoms. The molecule has 22 heteroatoms. The summed E-state index contributed by atoms with van der Waals surface area (Å²) >= 11 is 3.81. The summed E-state index contributed by atoms with van der Waals surface area (Å²) < 4.78 is 203. The molecular formula is C57H39F12NO5S4. The molecule has 0 atom stereocenters. The van der Waals surface area contributed by atoms with Gasteiger partial charge in [0.25, 0.3) is 0 Å². The highest BCUT2D eigenvalue weighted by molar-refractivity contribution is 7.16. The van der Waals surface area contributed by atoms with E-state index in [1.165, 1.54) is 68.9 Å². The minimum atomic E-state index is -5.71. The van der Waals surface area contributed by atoms with E-state index in [2.05, 4.69) is 4.98 Å². The lowest BCUT2D eigenvalue weighted by molar-refractivity contribution is -0.254. The molecular weight excluding hydrogens is 1130 g/mol. The Morgan fingerprint density at radius 1 is 0.481 bits per heavy atom. The van der Waals surface area contributed by atoms with Gasteiger partial charge in [0.1, 0.15) is 31.3 Å². The lowest BCUT2D eigenvalue weighted by Crippen LogP contribution is -2.48. The summed E-state index contributed by atoms with van der Waals surface area (Å²) in [7, 11) is 0. The van der Waals surface area contributed by atoms with Crippen LogP contribution in [0.2, 0.25) is 0 Å². The van der Waals surface area contributed by atoms with Crippen molar-refractivity contribution in [1.82, 2.24) is 4.98 Å². The van der Waals surface area contributed by atoms with Crippen LogP contribution in [0, 0.1) is 27.7 Å². The highest BCUT2D eigenvalue weighted by Crippen LogP contribution is 2.67. The highest BCUT2D eigenvalue weighted by atomic mass is 32.1. The number of carboxylic acid groups (broad SMARTS) is 1. The topological polar surface area (TPSA) is 77.9 Å². The average Bonchev–Trinajstić information content (AvgIpc) is 2.28. The van der Waals surface area contributed by atoms with Crippen LogP contribution >= 0.6 is 45.3 Å². The van der Waals surface area contributed by atoms with Gasteiger partial charge in [0.2, 0.25) is 0 Å². The number of benzene rings is 3. The van der Waals surface area contributed by atoms with Crippen LogP contribution in [-0.4, -0.2) is 51.6 Å². The number of rotatable bonds is 16. The van der Waals surface area contributed by atoms with Crippen LogP contribution in [0.1, 0.15) is 68.9 Å². The number of thiophene rings is 4. The van der Waals surface area contributed by atoms with Crippen LogP contribution in [-0.2, 0) is 19.8 Å². The normalized spacial score (nSPS) is 17.6. The number of hydrogen-bond donors (Lipinski definition) is 1. The molecule has 79 heavy (non-hydrogen) atoms. The molecule has 0 saturated carbocycles. The summed E-state index contributed by atoms with van der Waals surface area (Å²) in [4.78, 5) is 16.9. The standard InChI is InChI=1S/C57H39F12NO5S4/c1-28-39(13-16-76-28)46-48(54(62,63)56(66,67)52(46,58)59)41-23-44(78-30(41)3)35-8-5-10-37(21-35)73-25-32-18-33(20-34(19-32)27-75-43-12-7-15-70-50(43)51(71)72)26-74-38-11-6-9-36(22-38)45-24-42(31(4)79-45)49-47(40-14-17-77-29(40)2)53(60,61)57(68,69)55(49,64)65/h5-24H,25-27H2,1-4H3,(H,71,72). The lowest BCUT2D eigenvalue weighted by Gasteiger charge is -2.25. The van der Waals surface area contributed by atoms with Crippen molar-refractivity contribution in [3.8, 4) is 38.1 Å². The number of hydrogen-bond acceptors (Lipinski definition) is 9. The Hall–Kier alpha value is -6.88. The van der Waals surface area contributed by atoms with E-state index in [1.807, 2.05) is 0 Å². The van der Waals surface area contributed by atoms with Crippen molar-refractivity contribution in [2.45, 2.75) is 83.1 Å². The number of pyridine rings is 1. The minimum Gasteiger partial charge on any atom is -0.489 e. The molecule has 2 aliphatic rings. The molecule has 0 fully saturated rings. The van der Waals surface area contributed by atoms with E-state index in [9.17, 15) is 9.90 Å². The van der Waals surface area contributed by atoms with Crippen molar-refractivity contribution in [3.63, 3.8) is 0 Å². The lowest BCUT2D eigenvalue weighted by atomic mass is 9.95. The third-order valence-corrected chi connectivity index (χ3v) is 17.4. The highest BCUT2D eigenvalue weighted by Gasteiger charge is 2.81. The molecule has 0 amide bonds. The maximum atomic E-state index is 15.7. The first-order chi connectivity index (χ1) is 37.2.